The van der Waals surface area contributed by atoms with Crippen molar-refractivity contribution in [1.29, 1.82) is 0 Å². The zero-order valence-electron chi connectivity index (χ0n) is 13.4. The first-order valence-corrected chi connectivity index (χ1v) is 8.89. The van der Waals surface area contributed by atoms with E-state index in [1.807, 2.05) is 0 Å². The number of alkyl halides is 3. The van der Waals surface area contributed by atoms with Crippen molar-refractivity contribution in [1.82, 2.24) is 10.1 Å². The molecule has 3 aromatic rings. The number of anilines is 1. The predicted octanol–water partition coefficient (Wildman–Crippen LogP) is 3.62. The van der Waals surface area contributed by atoms with E-state index in [0.29, 0.717) is 5.56 Å². The van der Waals surface area contributed by atoms with Crippen molar-refractivity contribution >= 4 is 15.7 Å². The van der Waals surface area contributed by atoms with E-state index < -0.39 is 27.9 Å². The van der Waals surface area contributed by atoms with Gasteiger partial charge in [0.25, 0.3) is 10.0 Å². The number of hydrogen-bond donors (Lipinski definition) is 1. The second-order valence-corrected chi connectivity index (χ2v) is 7.13. The van der Waals surface area contributed by atoms with Gasteiger partial charge in [-0.1, -0.05) is 17.3 Å². The fraction of sp³-hybridized carbons (Fsp3) is 0.125. The predicted molar refractivity (Wildman–Crippen MR) is 85.8 cm³/mol. The van der Waals surface area contributed by atoms with E-state index in [4.69, 9.17) is 0 Å². The number of hydrogen-bond acceptors (Lipinski definition) is 5. The minimum absolute atomic E-state index is 0.0232. The van der Waals surface area contributed by atoms with Crippen molar-refractivity contribution in [2.24, 2.45) is 0 Å². The van der Waals surface area contributed by atoms with Crippen LogP contribution in [0.25, 0.3) is 0 Å². The van der Waals surface area contributed by atoms with Crippen LogP contribution in [0.15, 0.2) is 57.9 Å². The second-order valence-electron chi connectivity index (χ2n) is 5.45. The summed E-state index contributed by atoms with van der Waals surface area (Å²) in [5, 5.41) is 3.26. The van der Waals surface area contributed by atoms with E-state index in [2.05, 4.69) is 19.4 Å². The zero-order chi connectivity index (χ0) is 19.7. The highest BCUT2D eigenvalue weighted by atomic mass is 32.2. The van der Waals surface area contributed by atoms with Crippen LogP contribution in [0.4, 0.5) is 23.2 Å². The maximum Gasteiger partial charge on any atom is 0.471 e. The van der Waals surface area contributed by atoms with Crippen molar-refractivity contribution in [3.63, 3.8) is 0 Å². The van der Waals surface area contributed by atoms with Gasteiger partial charge >= 0.3 is 12.1 Å². The molecule has 27 heavy (non-hydrogen) atoms. The van der Waals surface area contributed by atoms with Gasteiger partial charge in [-0.05, 0) is 42.0 Å². The Morgan fingerprint density at radius 3 is 2.19 bits per heavy atom. The highest BCUT2D eigenvalue weighted by molar-refractivity contribution is 7.92. The minimum atomic E-state index is -4.71. The molecule has 1 aromatic heterocycles. The number of aromatic nitrogens is 2. The molecular weight excluding hydrogens is 390 g/mol. The Labute approximate surface area is 150 Å². The summed E-state index contributed by atoms with van der Waals surface area (Å²) in [5.41, 5.74) is 0.779. The number of sulfonamides is 1. The number of nitrogens with one attached hydrogen (secondary N) is 1. The lowest BCUT2D eigenvalue weighted by Crippen LogP contribution is -2.12. The standard InChI is InChI=1S/C16H11F4N3O3S/c17-11-3-7-13(8-4-11)27(24,25)23-12-5-1-10(2-6-12)9-14-21-15(26-22-14)16(18,19)20/h1-8,23H,9H2. The van der Waals surface area contributed by atoms with Crippen LogP contribution in [0.3, 0.4) is 0 Å². The molecule has 0 radical (unpaired) electrons. The first-order valence-electron chi connectivity index (χ1n) is 7.40. The van der Waals surface area contributed by atoms with Gasteiger partial charge in [0, 0.05) is 12.1 Å². The van der Waals surface area contributed by atoms with Gasteiger partial charge in [-0.3, -0.25) is 4.72 Å². The van der Waals surface area contributed by atoms with E-state index in [-0.39, 0.29) is 22.8 Å². The molecule has 142 valence electrons. The fourth-order valence-electron chi connectivity index (χ4n) is 2.14. The van der Waals surface area contributed by atoms with Gasteiger partial charge in [0.2, 0.25) is 0 Å². The Morgan fingerprint density at radius 1 is 1.00 bits per heavy atom. The molecule has 0 spiro atoms. The highest BCUT2D eigenvalue weighted by Gasteiger charge is 2.38. The van der Waals surface area contributed by atoms with E-state index in [1.54, 1.807) is 0 Å². The van der Waals surface area contributed by atoms with Gasteiger partial charge in [0.1, 0.15) is 5.82 Å². The van der Waals surface area contributed by atoms with Crippen molar-refractivity contribution in [2.45, 2.75) is 17.5 Å². The Morgan fingerprint density at radius 2 is 1.63 bits per heavy atom. The van der Waals surface area contributed by atoms with Crippen LogP contribution in [0.5, 0.6) is 0 Å². The van der Waals surface area contributed by atoms with Gasteiger partial charge in [-0.25, -0.2) is 12.8 Å². The zero-order valence-corrected chi connectivity index (χ0v) is 14.2. The van der Waals surface area contributed by atoms with Gasteiger partial charge in [-0.2, -0.15) is 18.2 Å². The van der Waals surface area contributed by atoms with Crippen LogP contribution < -0.4 is 4.72 Å². The van der Waals surface area contributed by atoms with Crippen molar-refractivity contribution < 1.29 is 30.5 Å². The lowest BCUT2D eigenvalue weighted by molar-refractivity contribution is -0.159. The molecule has 6 nitrogen and oxygen atoms in total. The molecule has 1 heterocycles. The van der Waals surface area contributed by atoms with E-state index >= 15 is 0 Å². The molecule has 0 fully saturated rings. The van der Waals surface area contributed by atoms with E-state index in [1.165, 1.54) is 24.3 Å². The minimum Gasteiger partial charge on any atom is -0.329 e. The lowest BCUT2D eigenvalue weighted by atomic mass is 10.1. The van der Waals surface area contributed by atoms with Crippen LogP contribution in [0, 0.1) is 5.82 Å². The molecule has 0 saturated heterocycles. The van der Waals surface area contributed by atoms with Gasteiger partial charge < -0.3 is 4.52 Å². The monoisotopic (exact) mass is 401 g/mol. The average Bonchev–Trinajstić information content (AvgIpc) is 3.06. The molecule has 0 bridgehead atoms. The Kier molecular flexibility index (Phi) is 4.87. The second kappa shape index (κ2) is 6.99. The summed E-state index contributed by atoms with van der Waals surface area (Å²) in [6.07, 6.45) is -4.74. The van der Waals surface area contributed by atoms with Crippen molar-refractivity contribution in [2.75, 3.05) is 4.72 Å². The number of rotatable bonds is 5. The quantitative estimate of drug-likeness (QED) is 0.660. The van der Waals surface area contributed by atoms with Gasteiger partial charge in [-0.15, -0.1) is 0 Å². The maximum atomic E-state index is 12.9. The third-order valence-electron chi connectivity index (χ3n) is 3.40. The van der Waals surface area contributed by atoms with Crippen LogP contribution >= 0.6 is 0 Å². The summed E-state index contributed by atoms with van der Waals surface area (Å²) < 4.78 is 81.1. The molecule has 0 saturated carbocycles. The third-order valence-corrected chi connectivity index (χ3v) is 4.80. The number of benzene rings is 2. The first-order chi connectivity index (χ1) is 12.6. The summed E-state index contributed by atoms with van der Waals surface area (Å²) >= 11 is 0. The van der Waals surface area contributed by atoms with Crippen LogP contribution in [-0.2, 0) is 22.6 Å². The highest BCUT2D eigenvalue weighted by Crippen LogP contribution is 2.27. The molecule has 0 aliphatic rings. The summed E-state index contributed by atoms with van der Waals surface area (Å²) in [4.78, 5) is 3.15. The smallest absolute Gasteiger partial charge is 0.329 e. The molecule has 0 amide bonds. The molecule has 2 aromatic carbocycles. The number of halogens is 4. The molecule has 11 heteroatoms. The van der Waals surface area contributed by atoms with Crippen LogP contribution in [0.2, 0.25) is 0 Å². The summed E-state index contributed by atoms with van der Waals surface area (Å²) in [5.74, 6) is -2.14. The molecule has 1 N–H and O–H groups in total. The van der Waals surface area contributed by atoms with Crippen molar-refractivity contribution in [3.8, 4) is 0 Å². The van der Waals surface area contributed by atoms with Crippen LogP contribution in [0.1, 0.15) is 17.3 Å². The summed E-state index contributed by atoms with van der Waals surface area (Å²) in [6, 6.07) is 10.2. The average molecular weight is 401 g/mol. The largest absolute Gasteiger partial charge is 0.471 e. The number of nitrogens with zero attached hydrogens (tertiary/aromatic N) is 2. The Balaban J connectivity index is 1.70. The molecule has 0 atom stereocenters. The van der Waals surface area contributed by atoms with E-state index in [0.717, 1.165) is 24.3 Å². The Bertz CT molecular complexity index is 1030. The third kappa shape index (κ3) is 4.61. The maximum absolute atomic E-state index is 12.9. The Hall–Kier alpha value is -2.95. The molecule has 0 unspecified atom stereocenters. The topological polar surface area (TPSA) is 85.1 Å². The van der Waals surface area contributed by atoms with Gasteiger partial charge in [0.15, 0.2) is 5.82 Å². The molecular formula is C16H11F4N3O3S. The summed E-state index contributed by atoms with van der Waals surface area (Å²) in [6.45, 7) is 0. The summed E-state index contributed by atoms with van der Waals surface area (Å²) in [7, 11) is -3.90. The first kappa shape index (κ1) is 18.8. The normalized spacial score (nSPS) is 12.1. The molecule has 3 rings (SSSR count). The fourth-order valence-corrected chi connectivity index (χ4v) is 3.20. The molecule has 0 aliphatic heterocycles. The van der Waals surface area contributed by atoms with Crippen LogP contribution in [-0.4, -0.2) is 18.6 Å². The van der Waals surface area contributed by atoms with Gasteiger partial charge in [0.05, 0.1) is 4.90 Å². The molecule has 0 aliphatic carbocycles. The van der Waals surface area contributed by atoms with E-state index in [9.17, 15) is 26.0 Å². The lowest BCUT2D eigenvalue weighted by Gasteiger charge is -2.08. The SMILES string of the molecule is O=S(=O)(Nc1ccc(Cc2noc(C(F)(F)F)n2)cc1)c1ccc(F)cc1. The van der Waals surface area contributed by atoms with Crippen molar-refractivity contribution in [3.05, 3.63) is 71.6 Å².